The average molecular weight is 165 g/mol. The predicted molar refractivity (Wildman–Crippen MR) is 38.5 cm³/mol. The van der Waals surface area contributed by atoms with Crippen LogP contribution < -0.4 is 0 Å². The van der Waals surface area contributed by atoms with E-state index >= 15 is 0 Å². The van der Waals surface area contributed by atoms with Crippen molar-refractivity contribution >= 4 is 5.91 Å². The van der Waals surface area contributed by atoms with Crippen LogP contribution >= 0.6 is 0 Å². The summed E-state index contributed by atoms with van der Waals surface area (Å²) in [5.74, 6) is -3.40. The Morgan fingerprint density at radius 1 is 1.55 bits per heavy atom. The quantitative estimate of drug-likeness (QED) is 0.620. The van der Waals surface area contributed by atoms with Gasteiger partial charge in [0, 0.05) is 13.6 Å². The summed E-state index contributed by atoms with van der Waals surface area (Å²) in [6.45, 7) is 2.95. The topological polar surface area (TPSA) is 20.3 Å². The van der Waals surface area contributed by atoms with E-state index < -0.39 is 18.3 Å². The van der Waals surface area contributed by atoms with E-state index in [1.807, 2.05) is 0 Å². The molecule has 0 aromatic rings. The van der Waals surface area contributed by atoms with E-state index in [2.05, 4.69) is 0 Å². The Kier molecular flexibility index (Phi) is 3.42. The number of halogens is 2. The Morgan fingerprint density at radius 3 is 2.27 bits per heavy atom. The molecule has 0 bridgehead atoms. The van der Waals surface area contributed by atoms with Gasteiger partial charge in [0.15, 0.2) is 0 Å². The molecule has 0 fully saturated rings. The van der Waals surface area contributed by atoms with Crippen LogP contribution in [0.2, 0.25) is 0 Å². The van der Waals surface area contributed by atoms with Crippen LogP contribution in [0.3, 0.4) is 0 Å². The Bertz CT molecular complexity index is 142. The third-order valence-corrected chi connectivity index (χ3v) is 1.36. The Labute approximate surface area is 65.2 Å². The molecule has 0 heterocycles. The first kappa shape index (κ1) is 10.3. The molecule has 0 aliphatic carbocycles. The van der Waals surface area contributed by atoms with Gasteiger partial charge in [-0.05, 0) is 13.8 Å². The number of rotatable bonds is 3. The van der Waals surface area contributed by atoms with Crippen LogP contribution in [0.1, 0.15) is 20.3 Å². The summed E-state index contributed by atoms with van der Waals surface area (Å²) < 4.78 is 24.4. The van der Waals surface area contributed by atoms with Crippen molar-refractivity contribution in [3.8, 4) is 0 Å². The number of alkyl halides is 2. The van der Waals surface area contributed by atoms with Gasteiger partial charge in [-0.1, -0.05) is 0 Å². The number of hydrogen-bond acceptors (Lipinski definition) is 1. The molecule has 2 nitrogen and oxygen atoms in total. The van der Waals surface area contributed by atoms with Crippen LogP contribution in [-0.4, -0.2) is 30.3 Å². The molecule has 0 atom stereocenters. The van der Waals surface area contributed by atoms with Gasteiger partial charge in [0.2, 0.25) is 5.91 Å². The molecular formula is C7H13F2NO. The number of hydrogen-bond donors (Lipinski definition) is 0. The highest BCUT2D eigenvalue weighted by Crippen LogP contribution is 2.17. The van der Waals surface area contributed by atoms with Crippen LogP contribution in [0.15, 0.2) is 0 Å². The standard InChI is InChI=1S/C7H13F2NO/c1-4-10(3)6(11)5-7(2,8)9/h4-5H2,1-3H3. The van der Waals surface area contributed by atoms with Crippen molar-refractivity contribution in [3.63, 3.8) is 0 Å². The first-order chi connectivity index (χ1) is 4.87. The SMILES string of the molecule is CCN(C)C(=O)CC(C)(F)F. The van der Waals surface area contributed by atoms with E-state index in [0.717, 1.165) is 6.92 Å². The van der Waals surface area contributed by atoms with E-state index in [4.69, 9.17) is 0 Å². The van der Waals surface area contributed by atoms with Gasteiger partial charge in [-0.15, -0.1) is 0 Å². The predicted octanol–water partition coefficient (Wildman–Crippen LogP) is 1.51. The molecule has 0 N–H and O–H groups in total. The molecule has 0 saturated heterocycles. The maximum atomic E-state index is 12.2. The summed E-state index contributed by atoms with van der Waals surface area (Å²) in [4.78, 5) is 12.1. The lowest BCUT2D eigenvalue weighted by atomic mass is 10.2. The molecule has 0 rings (SSSR count). The van der Waals surface area contributed by atoms with Crippen LogP contribution in [0.4, 0.5) is 8.78 Å². The molecule has 11 heavy (non-hydrogen) atoms. The zero-order chi connectivity index (χ0) is 9.07. The van der Waals surface area contributed by atoms with Crippen molar-refractivity contribution in [2.24, 2.45) is 0 Å². The number of nitrogens with zero attached hydrogens (tertiary/aromatic N) is 1. The summed E-state index contributed by atoms with van der Waals surface area (Å²) >= 11 is 0. The van der Waals surface area contributed by atoms with E-state index in [0.29, 0.717) is 6.54 Å². The fourth-order valence-electron chi connectivity index (χ4n) is 0.577. The van der Waals surface area contributed by atoms with Crippen LogP contribution in [0.25, 0.3) is 0 Å². The first-order valence-corrected chi connectivity index (χ1v) is 3.48. The molecule has 0 spiro atoms. The minimum Gasteiger partial charge on any atom is -0.346 e. The monoisotopic (exact) mass is 165 g/mol. The van der Waals surface area contributed by atoms with Gasteiger partial charge in [-0.3, -0.25) is 4.79 Å². The van der Waals surface area contributed by atoms with Gasteiger partial charge >= 0.3 is 0 Å². The largest absolute Gasteiger partial charge is 0.346 e. The fraction of sp³-hybridized carbons (Fsp3) is 0.857. The van der Waals surface area contributed by atoms with Gasteiger partial charge in [-0.25, -0.2) is 8.78 Å². The van der Waals surface area contributed by atoms with E-state index in [-0.39, 0.29) is 0 Å². The summed E-state index contributed by atoms with van der Waals surface area (Å²) in [5.41, 5.74) is 0. The van der Waals surface area contributed by atoms with Crippen molar-refractivity contribution in [2.75, 3.05) is 13.6 Å². The summed E-state index contributed by atoms with van der Waals surface area (Å²) in [7, 11) is 1.51. The molecule has 0 saturated carbocycles. The van der Waals surface area contributed by atoms with Gasteiger partial charge in [0.1, 0.15) is 0 Å². The Balaban J connectivity index is 3.88. The molecule has 0 radical (unpaired) electrons. The second kappa shape index (κ2) is 3.64. The average Bonchev–Trinajstić information content (AvgIpc) is 1.82. The Morgan fingerprint density at radius 2 is 2.00 bits per heavy atom. The van der Waals surface area contributed by atoms with Crippen molar-refractivity contribution in [2.45, 2.75) is 26.2 Å². The van der Waals surface area contributed by atoms with Crippen molar-refractivity contribution in [1.29, 1.82) is 0 Å². The second-order valence-electron chi connectivity index (χ2n) is 2.65. The third-order valence-electron chi connectivity index (χ3n) is 1.36. The van der Waals surface area contributed by atoms with Crippen molar-refractivity contribution in [1.82, 2.24) is 4.90 Å². The maximum Gasteiger partial charge on any atom is 0.254 e. The lowest BCUT2D eigenvalue weighted by molar-refractivity contribution is -0.136. The third kappa shape index (κ3) is 4.70. The van der Waals surface area contributed by atoms with Gasteiger partial charge < -0.3 is 4.90 Å². The molecule has 0 aromatic heterocycles. The Hall–Kier alpha value is -0.670. The molecule has 0 aliphatic heterocycles. The van der Waals surface area contributed by atoms with Crippen molar-refractivity contribution < 1.29 is 13.6 Å². The maximum absolute atomic E-state index is 12.2. The number of carbonyl (C=O) groups is 1. The second-order valence-corrected chi connectivity index (χ2v) is 2.65. The van der Waals surface area contributed by atoms with Crippen LogP contribution in [0, 0.1) is 0 Å². The van der Waals surface area contributed by atoms with Gasteiger partial charge in [-0.2, -0.15) is 0 Å². The number of carbonyl (C=O) groups excluding carboxylic acids is 1. The lowest BCUT2D eigenvalue weighted by Crippen LogP contribution is -2.30. The fourth-order valence-corrected chi connectivity index (χ4v) is 0.577. The molecule has 0 unspecified atom stereocenters. The molecule has 4 heteroatoms. The van der Waals surface area contributed by atoms with Crippen molar-refractivity contribution in [3.05, 3.63) is 0 Å². The van der Waals surface area contributed by atoms with Gasteiger partial charge in [0.25, 0.3) is 5.92 Å². The summed E-state index contributed by atoms with van der Waals surface area (Å²) in [6, 6.07) is 0. The summed E-state index contributed by atoms with van der Waals surface area (Å²) in [6.07, 6.45) is -0.697. The smallest absolute Gasteiger partial charge is 0.254 e. The normalized spacial score (nSPS) is 11.4. The highest BCUT2D eigenvalue weighted by Gasteiger charge is 2.26. The lowest BCUT2D eigenvalue weighted by Gasteiger charge is -2.16. The minimum atomic E-state index is -2.89. The zero-order valence-electron chi connectivity index (χ0n) is 7.03. The molecule has 1 amide bonds. The molecule has 0 aromatic carbocycles. The summed E-state index contributed by atoms with van der Waals surface area (Å²) in [5, 5.41) is 0. The highest BCUT2D eigenvalue weighted by molar-refractivity contribution is 5.76. The molecule has 0 aliphatic rings. The van der Waals surface area contributed by atoms with Crippen LogP contribution in [-0.2, 0) is 4.79 Å². The van der Waals surface area contributed by atoms with Crippen LogP contribution in [0.5, 0.6) is 0 Å². The van der Waals surface area contributed by atoms with Gasteiger partial charge in [0.05, 0.1) is 6.42 Å². The number of amides is 1. The highest BCUT2D eigenvalue weighted by atomic mass is 19.3. The first-order valence-electron chi connectivity index (χ1n) is 3.48. The van der Waals surface area contributed by atoms with E-state index in [1.165, 1.54) is 11.9 Å². The minimum absolute atomic E-state index is 0.467. The molecular weight excluding hydrogens is 152 g/mol. The molecule has 66 valence electrons. The van der Waals surface area contributed by atoms with E-state index in [1.54, 1.807) is 6.92 Å². The zero-order valence-corrected chi connectivity index (χ0v) is 7.03. The van der Waals surface area contributed by atoms with E-state index in [9.17, 15) is 13.6 Å².